The van der Waals surface area contributed by atoms with E-state index in [1.165, 1.54) is 0 Å². The summed E-state index contributed by atoms with van der Waals surface area (Å²) in [5.41, 5.74) is 19.2. The Hall–Kier alpha value is -14.4. The van der Waals surface area contributed by atoms with Crippen LogP contribution < -0.4 is 26.2 Å². The lowest BCUT2D eigenvalue weighted by Crippen LogP contribution is -2.61. The lowest BCUT2D eigenvalue weighted by Gasteiger charge is -2.47. The Morgan fingerprint density at radius 1 is 0.281 bits per heavy atom. The first kappa shape index (κ1) is 58.5. The minimum atomic E-state index is -0.815. The first-order valence-electron chi connectivity index (χ1n) is 48.3. The molecule has 4 aromatic heterocycles. The van der Waals surface area contributed by atoms with E-state index in [4.69, 9.17) is 8.83 Å². The van der Waals surface area contributed by atoms with Gasteiger partial charge in [-0.1, -0.05) is 311 Å². The van der Waals surface area contributed by atoms with E-state index < -0.39 is 71.3 Å². The van der Waals surface area contributed by atoms with Gasteiger partial charge >= 0.3 is 0 Å². The number of aromatic nitrogens is 2. The van der Waals surface area contributed by atoms with Gasteiger partial charge in [0.25, 0.3) is 6.71 Å². The second-order valence-electron chi connectivity index (χ2n) is 35.2. The molecular formula is C114H87BN4O2. The third kappa shape index (κ3) is 11.4. The Kier molecular flexibility index (Phi) is 13.1. The molecule has 6 heterocycles. The number of para-hydroxylation sites is 5. The third-order valence-electron chi connectivity index (χ3n) is 24.8. The van der Waals surface area contributed by atoms with Crippen molar-refractivity contribution in [1.29, 1.82) is 0 Å². The first-order chi connectivity index (χ1) is 64.8. The second kappa shape index (κ2) is 27.1. The van der Waals surface area contributed by atoms with Crippen molar-refractivity contribution < 1.29 is 28.0 Å². The summed E-state index contributed by atoms with van der Waals surface area (Å²) in [7, 11) is 0. The number of nitrogens with zero attached hydrogens (tertiary/aromatic N) is 4. The van der Waals surface area contributed by atoms with E-state index in [0.29, 0.717) is 56.2 Å². The lowest BCUT2D eigenvalue weighted by atomic mass is 9.33. The maximum absolute atomic E-state index is 10.5. The molecule has 578 valence electrons. The van der Waals surface area contributed by atoms with Gasteiger partial charge in [0.2, 0.25) is 0 Å². The van der Waals surface area contributed by atoms with Crippen LogP contribution in [0.1, 0.15) is 98.2 Å². The van der Waals surface area contributed by atoms with Crippen LogP contribution in [0.3, 0.4) is 0 Å². The van der Waals surface area contributed by atoms with Crippen LogP contribution in [0.25, 0.3) is 166 Å². The standard InChI is InChI=1S/C114H87BN4O2/c1-112(2,3)76-62-88(72-36-18-12-19-37-72)109(92(64-76)84-44-31-51-106-107(84)87-43-25-29-50-105(87)120-106)118-100-68-79(116-96-47-26-22-40-81(96)90-60-74(52-58-98(90)116)70-32-14-10-15-33-70)54-56-94(100)115-95-57-55-80(117-97-48-27-23-41-82(97)91-61-75(53-59-99(91)117)71-34-16-11-17-35-71)69-101(95)119(103-67-78(114(7,8)9)66-102(118)108(103)115)110-89(73-38-20-13-21-39-73)63-77(113(4,5)6)65-93(110)86-46-30-45-85-83-42-24-28-49-104(83)121-111(85)86/h10-69H,1-9H3/i22D,23D,26D,27D,40D,41D,47D,48D,52D,53D,58D,59D,60D,61D. The molecule has 121 heavy (non-hydrogen) atoms. The molecule has 17 aromatic carbocycles. The number of rotatable bonds is 10. The molecule has 0 bridgehead atoms. The zero-order valence-corrected chi connectivity index (χ0v) is 68.2. The van der Waals surface area contributed by atoms with Crippen molar-refractivity contribution in [2.45, 2.75) is 78.6 Å². The summed E-state index contributed by atoms with van der Waals surface area (Å²) in [6.45, 7) is 19.2. The number of hydrogen-bond acceptors (Lipinski definition) is 4. The van der Waals surface area contributed by atoms with E-state index in [9.17, 15) is 19.2 Å². The molecule has 7 heteroatoms. The van der Waals surface area contributed by atoms with E-state index in [0.717, 1.165) is 122 Å². The summed E-state index contributed by atoms with van der Waals surface area (Å²) in [5.74, 6) is 0. The maximum atomic E-state index is 10.5. The largest absolute Gasteiger partial charge is 0.456 e. The molecule has 0 spiro atoms. The van der Waals surface area contributed by atoms with Crippen molar-refractivity contribution in [3.05, 3.63) is 380 Å². The van der Waals surface area contributed by atoms with Gasteiger partial charge in [-0.15, -0.1) is 0 Å². The predicted octanol–water partition coefficient (Wildman–Crippen LogP) is 29.7. The Morgan fingerprint density at radius 3 is 1.18 bits per heavy atom. The highest BCUT2D eigenvalue weighted by Gasteiger charge is 2.47. The van der Waals surface area contributed by atoms with Crippen LogP contribution in [0.15, 0.2) is 372 Å². The number of anilines is 6. The Bertz CT molecular complexity index is 8740. The molecule has 0 atom stereocenters. The van der Waals surface area contributed by atoms with E-state index in [-0.39, 0.29) is 91.0 Å². The van der Waals surface area contributed by atoms with Crippen LogP contribution >= 0.6 is 0 Å². The summed E-state index contributed by atoms with van der Waals surface area (Å²) in [5, 5.41) is 3.79. The molecule has 0 saturated carbocycles. The van der Waals surface area contributed by atoms with Gasteiger partial charge in [0.05, 0.1) is 52.6 Å². The zero-order valence-electron chi connectivity index (χ0n) is 82.2. The van der Waals surface area contributed by atoms with Gasteiger partial charge in [-0.3, -0.25) is 0 Å². The van der Waals surface area contributed by atoms with Gasteiger partial charge in [0.1, 0.15) is 22.3 Å². The average molecular weight is 1570 g/mol. The fourth-order valence-corrected chi connectivity index (χ4v) is 18.9. The molecule has 0 unspecified atom stereocenters. The summed E-state index contributed by atoms with van der Waals surface area (Å²) in [4.78, 5) is 4.79. The first-order valence-corrected chi connectivity index (χ1v) is 41.3. The highest BCUT2D eigenvalue weighted by atomic mass is 16.3. The molecule has 2 aliphatic heterocycles. The van der Waals surface area contributed by atoms with Crippen LogP contribution in [-0.2, 0) is 16.2 Å². The quantitative estimate of drug-likeness (QED) is 0.128. The van der Waals surface area contributed by atoms with Crippen molar-refractivity contribution in [3.63, 3.8) is 0 Å². The molecular weight excluding hydrogens is 1470 g/mol. The van der Waals surface area contributed by atoms with Gasteiger partial charge < -0.3 is 27.8 Å². The minimum absolute atomic E-state index is 0.00398. The van der Waals surface area contributed by atoms with Gasteiger partial charge in [0, 0.05) is 105 Å². The van der Waals surface area contributed by atoms with Crippen LogP contribution in [0.4, 0.5) is 34.1 Å². The van der Waals surface area contributed by atoms with Crippen molar-refractivity contribution in [3.8, 4) is 78.1 Å². The van der Waals surface area contributed by atoms with Crippen molar-refractivity contribution >= 4 is 145 Å². The third-order valence-corrected chi connectivity index (χ3v) is 24.8. The summed E-state index contributed by atoms with van der Waals surface area (Å²) >= 11 is 0. The van der Waals surface area contributed by atoms with Gasteiger partial charge in [-0.2, -0.15) is 0 Å². The lowest BCUT2D eigenvalue weighted by molar-refractivity contribution is 0.590. The van der Waals surface area contributed by atoms with Crippen LogP contribution in [0.5, 0.6) is 0 Å². The van der Waals surface area contributed by atoms with Gasteiger partial charge in [-0.25, -0.2) is 0 Å². The van der Waals surface area contributed by atoms with Gasteiger partial charge in [0.15, 0.2) is 0 Å². The molecule has 0 radical (unpaired) electrons. The second-order valence-corrected chi connectivity index (χ2v) is 35.2. The van der Waals surface area contributed by atoms with E-state index in [1.54, 1.807) is 57.7 Å². The Labute approximate surface area is 724 Å². The molecule has 2 aliphatic rings. The number of furan rings is 2. The van der Waals surface area contributed by atoms with Crippen molar-refractivity contribution in [1.82, 2.24) is 9.13 Å². The van der Waals surface area contributed by atoms with Crippen LogP contribution in [-0.4, -0.2) is 15.8 Å². The van der Waals surface area contributed by atoms with Crippen LogP contribution in [0, 0.1) is 0 Å². The van der Waals surface area contributed by atoms with E-state index in [2.05, 4.69) is 212 Å². The Morgan fingerprint density at radius 2 is 0.678 bits per heavy atom. The zero-order chi connectivity index (χ0) is 93.7. The topological polar surface area (TPSA) is 42.6 Å². The van der Waals surface area contributed by atoms with Crippen LogP contribution in [0.2, 0.25) is 0 Å². The average Bonchev–Trinajstić information content (AvgIpc) is 1.49. The molecule has 0 N–H and O–H groups in total. The fourth-order valence-electron chi connectivity index (χ4n) is 18.9. The number of hydrogen-bond donors (Lipinski definition) is 0. The summed E-state index contributed by atoms with van der Waals surface area (Å²) < 4.78 is 158. The van der Waals surface area contributed by atoms with Crippen molar-refractivity contribution in [2.75, 3.05) is 9.80 Å². The van der Waals surface area contributed by atoms with E-state index >= 15 is 0 Å². The van der Waals surface area contributed by atoms with E-state index in [1.807, 2.05) is 91.0 Å². The number of benzene rings is 17. The molecule has 0 aliphatic carbocycles. The highest BCUT2D eigenvalue weighted by Crippen LogP contribution is 2.58. The highest BCUT2D eigenvalue weighted by molar-refractivity contribution is 7.00. The molecule has 23 rings (SSSR count). The molecule has 6 nitrogen and oxygen atoms in total. The molecule has 0 saturated heterocycles. The predicted molar refractivity (Wildman–Crippen MR) is 512 cm³/mol. The molecule has 21 aromatic rings. The summed E-state index contributed by atoms with van der Waals surface area (Å²) in [6.07, 6.45) is 0. The number of fused-ring (bicyclic) bond motifs is 16. The Balaban J connectivity index is 0.939. The smallest absolute Gasteiger partial charge is 0.252 e. The maximum Gasteiger partial charge on any atom is 0.252 e. The van der Waals surface area contributed by atoms with Crippen molar-refractivity contribution in [2.24, 2.45) is 0 Å². The normalized spacial score (nSPS) is 14.6. The molecule has 0 fully saturated rings. The van der Waals surface area contributed by atoms with Gasteiger partial charge in [-0.05, 0) is 203 Å². The summed E-state index contributed by atoms with van der Waals surface area (Å²) in [6, 6.07) is 88.3. The SMILES string of the molecule is [2H]c1c([2H])c([2H])c2c(c1[2H])c1c([2H])c(-c3ccccc3)c([2H])c([2H])c1n2-c1ccc2c(c1)N(c1c(-c3ccccc3)cc(C(C)(C)C)cc1-c1cccc3c1oc1ccccc13)c1cc(C(C)(C)C)cc3c1B2c1ccc(-n2c4c([2H])c([2H])c([2H])c([2H])c4c4c([2H])c(-c5ccccc5)c([2H])c([2H])c42)cc1N3c1c(-c2ccccc2)cc(C(C)(C)C)cc1-c1cccc2oc3ccccc3c12. The minimum Gasteiger partial charge on any atom is -0.456 e. The monoisotopic (exact) mass is 1570 g/mol. The fraction of sp³-hybridized carbons (Fsp3) is 0.105. The molecule has 0 amide bonds.